The number of sulfone groups is 1. The molecule has 0 aliphatic heterocycles. The van der Waals surface area contributed by atoms with E-state index in [9.17, 15) is 13.5 Å². The highest BCUT2D eigenvalue weighted by molar-refractivity contribution is 7.90. The molecule has 0 aliphatic rings. The van der Waals surface area contributed by atoms with Crippen LogP contribution < -0.4 is 5.32 Å². The van der Waals surface area contributed by atoms with Crippen molar-refractivity contribution in [1.29, 1.82) is 0 Å². The second-order valence-electron chi connectivity index (χ2n) is 5.41. The topological polar surface area (TPSA) is 66.4 Å². The monoisotopic (exact) mass is 339 g/mol. The molecular formula is C16H18ClNO3S. The Morgan fingerprint density at radius 1 is 1.18 bits per heavy atom. The number of hydrogen-bond donors (Lipinski definition) is 2. The van der Waals surface area contributed by atoms with E-state index in [2.05, 4.69) is 5.32 Å². The predicted octanol–water partition coefficient (Wildman–Crippen LogP) is 3.06. The molecule has 0 fully saturated rings. The van der Waals surface area contributed by atoms with Crippen molar-refractivity contribution in [2.45, 2.75) is 17.4 Å². The maximum Gasteiger partial charge on any atom is 0.177 e. The lowest BCUT2D eigenvalue weighted by Crippen LogP contribution is -2.31. The van der Waals surface area contributed by atoms with Crippen molar-refractivity contribution in [2.24, 2.45) is 0 Å². The van der Waals surface area contributed by atoms with E-state index < -0.39 is 15.4 Å². The average molecular weight is 340 g/mol. The van der Waals surface area contributed by atoms with E-state index >= 15 is 0 Å². The molecular weight excluding hydrogens is 322 g/mol. The van der Waals surface area contributed by atoms with Crippen LogP contribution in [0.4, 0.5) is 5.69 Å². The van der Waals surface area contributed by atoms with Gasteiger partial charge < -0.3 is 10.4 Å². The molecule has 6 heteroatoms. The Morgan fingerprint density at radius 2 is 1.86 bits per heavy atom. The number of aliphatic hydroxyl groups is 1. The van der Waals surface area contributed by atoms with Gasteiger partial charge in [0, 0.05) is 17.8 Å². The Balaban J connectivity index is 2.23. The molecule has 0 saturated carbocycles. The van der Waals surface area contributed by atoms with Gasteiger partial charge in [0.2, 0.25) is 0 Å². The van der Waals surface area contributed by atoms with Gasteiger partial charge in [-0.25, -0.2) is 8.42 Å². The molecule has 0 amide bonds. The standard InChI is InChI=1S/C16H18ClNO3S/c1-16(19,12-6-5-7-13(17)10-12)11-18-14-8-3-4-9-15(14)22(2,20)21/h3-10,18-19H,11H2,1-2H3. The van der Waals surface area contributed by atoms with E-state index in [4.69, 9.17) is 11.6 Å². The van der Waals surface area contributed by atoms with E-state index in [0.29, 0.717) is 16.3 Å². The third-order valence-electron chi connectivity index (χ3n) is 3.36. The van der Waals surface area contributed by atoms with Crippen LogP contribution in [0, 0.1) is 0 Å². The molecule has 1 unspecified atom stereocenters. The van der Waals surface area contributed by atoms with Gasteiger partial charge in [0.15, 0.2) is 9.84 Å². The van der Waals surface area contributed by atoms with Gasteiger partial charge in [0.25, 0.3) is 0 Å². The molecule has 2 aromatic carbocycles. The highest BCUT2D eigenvalue weighted by Gasteiger charge is 2.24. The third kappa shape index (κ3) is 4.00. The smallest absolute Gasteiger partial charge is 0.177 e. The van der Waals surface area contributed by atoms with Crippen LogP contribution in [-0.2, 0) is 15.4 Å². The molecule has 118 valence electrons. The number of anilines is 1. The Hall–Kier alpha value is -1.56. The van der Waals surface area contributed by atoms with E-state index in [0.717, 1.165) is 6.26 Å². The lowest BCUT2D eigenvalue weighted by atomic mass is 9.96. The van der Waals surface area contributed by atoms with Crippen LogP contribution in [0.2, 0.25) is 5.02 Å². The predicted molar refractivity (Wildman–Crippen MR) is 89.1 cm³/mol. The number of halogens is 1. The zero-order valence-corrected chi connectivity index (χ0v) is 13.9. The van der Waals surface area contributed by atoms with Gasteiger partial charge in [-0.2, -0.15) is 0 Å². The first-order valence-corrected chi connectivity index (χ1v) is 8.98. The van der Waals surface area contributed by atoms with Crippen LogP contribution in [0.1, 0.15) is 12.5 Å². The quantitative estimate of drug-likeness (QED) is 0.878. The summed E-state index contributed by atoms with van der Waals surface area (Å²) in [5.74, 6) is 0. The van der Waals surface area contributed by atoms with Crippen molar-refractivity contribution in [3.05, 3.63) is 59.1 Å². The van der Waals surface area contributed by atoms with Crippen molar-refractivity contribution in [2.75, 3.05) is 18.1 Å². The number of para-hydroxylation sites is 1. The summed E-state index contributed by atoms with van der Waals surface area (Å²) in [4.78, 5) is 0.205. The zero-order chi connectivity index (χ0) is 16.4. The van der Waals surface area contributed by atoms with Crippen LogP contribution in [0.5, 0.6) is 0 Å². The molecule has 0 bridgehead atoms. The molecule has 0 spiro atoms. The first-order valence-electron chi connectivity index (χ1n) is 6.71. The fraction of sp³-hybridized carbons (Fsp3) is 0.250. The number of benzene rings is 2. The van der Waals surface area contributed by atoms with Crippen molar-refractivity contribution in [3.8, 4) is 0 Å². The minimum absolute atomic E-state index is 0.153. The highest BCUT2D eigenvalue weighted by atomic mass is 35.5. The number of rotatable bonds is 5. The first-order chi connectivity index (χ1) is 10.2. The SMILES string of the molecule is CC(O)(CNc1ccccc1S(C)(=O)=O)c1cccc(Cl)c1. The van der Waals surface area contributed by atoms with Gasteiger partial charge in [0.05, 0.1) is 10.6 Å². The van der Waals surface area contributed by atoms with E-state index in [-0.39, 0.29) is 11.4 Å². The molecule has 0 aromatic heterocycles. The van der Waals surface area contributed by atoms with Crippen molar-refractivity contribution < 1.29 is 13.5 Å². The normalized spacial score (nSPS) is 14.4. The zero-order valence-electron chi connectivity index (χ0n) is 12.4. The van der Waals surface area contributed by atoms with Gasteiger partial charge in [-0.3, -0.25) is 0 Å². The number of nitrogens with one attached hydrogen (secondary N) is 1. The van der Waals surface area contributed by atoms with Crippen LogP contribution >= 0.6 is 11.6 Å². The minimum Gasteiger partial charge on any atom is -0.384 e. The fourth-order valence-electron chi connectivity index (χ4n) is 2.13. The molecule has 0 aliphatic carbocycles. The summed E-state index contributed by atoms with van der Waals surface area (Å²) in [6.07, 6.45) is 1.16. The minimum atomic E-state index is -3.34. The Kier molecular flexibility index (Phi) is 4.80. The lowest BCUT2D eigenvalue weighted by Gasteiger charge is -2.25. The molecule has 2 aromatic rings. The summed E-state index contributed by atoms with van der Waals surface area (Å²) < 4.78 is 23.5. The van der Waals surface area contributed by atoms with Gasteiger partial charge in [-0.1, -0.05) is 35.9 Å². The summed E-state index contributed by atoms with van der Waals surface area (Å²) >= 11 is 5.94. The second kappa shape index (κ2) is 6.28. The third-order valence-corrected chi connectivity index (χ3v) is 4.75. The summed E-state index contributed by atoms with van der Waals surface area (Å²) in [7, 11) is -3.34. The molecule has 0 radical (unpaired) electrons. The maximum atomic E-state index is 11.8. The Bertz CT molecular complexity index is 772. The molecule has 0 saturated heterocycles. The van der Waals surface area contributed by atoms with Gasteiger partial charge >= 0.3 is 0 Å². The molecule has 2 rings (SSSR count). The summed E-state index contributed by atoms with van der Waals surface area (Å²) in [6, 6.07) is 13.6. The van der Waals surface area contributed by atoms with E-state index in [1.807, 2.05) is 0 Å². The van der Waals surface area contributed by atoms with Crippen LogP contribution in [0.15, 0.2) is 53.4 Å². The van der Waals surface area contributed by atoms with E-state index in [1.54, 1.807) is 49.4 Å². The van der Waals surface area contributed by atoms with Gasteiger partial charge in [-0.15, -0.1) is 0 Å². The van der Waals surface area contributed by atoms with Crippen LogP contribution in [-0.4, -0.2) is 26.3 Å². The molecule has 0 heterocycles. The first kappa shape index (κ1) is 16.8. The largest absolute Gasteiger partial charge is 0.384 e. The molecule has 2 N–H and O–H groups in total. The molecule has 4 nitrogen and oxygen atoms in total. The second-order valence-corrected chi connectivity index (χ2v) is 7.83. The summed E-state index contributed by atoms with van der Waals surface area (Å²) in [6.45, 7) is 1.80. The maximum absolute atomic E-state index is 11.8. The molecule has 1 atom stereocenters. The number of hydrogen-bond acceptors (Lipinski definition) is 4. The van der Waals surface area contributed by atoms with E-state index in [1.165, 1.54) is 6.07 Å². The van der Waals surface area contributed by atoms with Gasteiger partial charge in [0.1, 0.15) is 5.60 Å². The van der Waals surface area contributed by atoms with Crippen LogP contribution in [0.3, 0.4) is 0 Å². The fourth-order valence-corrected chi connectivity index (χ4v) is 3.18. The molecule has 22 heavy (non-hydrogen) atoms. The van der Waals surface area contributed by atoms with Gasteiger partial charge in [-0.05, 0) is 36.8 Å². The Labute approximate surface area is 135 Å². The summed E-state index contributed by atoms with van der Waals surface area (Å²) in [5.41, 5.74) is -0.0631. The average Bonchev–Trinajstić information content (AvgIpc) is 2.44. The summed E-state index contributed by atoms with van der Waals surface area (Å²) in [5, 5.41) is 14.1. The van der Waals surface area contributed by atoms with Crippen molar-refractivity contribution in [1.82, 2.24) is 0 Å². The highest BCUT2D eigenvalue weighted by Crippen LogP contribution is 2.26. The van der Waals surface area contributed by atoms with Crippen molar-refractivity contribution >= 4 is 27.1 Å². The lowest BCUT2D eigenvalue weighted by molar-refractivity contribution is 0.0715. The Morgan fingerprint density at radius 3 is 2.50 bits per heavy atom. The van der Waals surface area contributed by atoms with Crippen molar-refractivity contribution in [3.63, 3.8) is 0 Å². The van der Waals surface area contributed by atoms with Crippen LogP contribution in [0.25, 0.3) is 0 Å².